The number of para-hydroxylation sites is 2. The molecule has 5 rings (SSSR count). The van der Waals surface area contributed by atoms with E-state index < -0.39 is 0 Å². The van der Waals surface area contributed by atoms with Gasteiger partial charge in [0.1, 0.15) is 12.4 Å². The van der Waals surface area contributed by atoms with Crippen molar-refractivity contribution in [1.29, 1.82) is 0 Å². The monoisotopic (exact) mass is 435 g/mol. The summed E-state index contributed by atoms with van der Waals surface area (Å²) in [6.45, 7) is 6.10. The molecule has 0 amide bonds. The molecule has 0 bridgehead atoms. The van der Waals surface area contributed by atoms with Gasteiger partial charge >= 0.3 is 0 Å². The third-order valence-corrected chi connectivity index (χ3v) is 6.49. The predicted molar refractivity (Wildman–Crippen MR) is 124 cm³/mol. The first-order valence-corrected chi connectivity index (χ1v) is 11.6. The van der Waals surface area contributed by atoms with Crippen LogP contribution in [-0.4, -0.2) is 50.4 Å². The molecule has 162 valence electrons. The zero-order valence-corrected chi connectivity index (χ0v) is 18.6. The van der Waals surface area contributed by atoms with E-state index in [2.05, 4.69) is 50.8 Å². The van der Waals surface area contributed by atoms with E-state index in [0.29, 0.717) is 13.3 Å². The molecule has 1 saturated heterocycles. The van der Waals surface area contributed by atoms with Gasteiger partial charge in [-0.3, -0.25) is 14.4 Å². The van der Waals surface area contributed by atoms with Crippen molar-refractivity contribution in [2.75, 3.05) is 26.2 Å². The van der Waals surface area contributed by atoms with Gasteiger partial charge < -0.3 is 4.74 Å². The lowest BCUT2D eigenvalue weighted by Gasteiger charge is -2.25. The fraction of sp³-hybridized carbons (Fsp3) is 0.417. The Morgan fingerprint density at radius 3 is 2.48 bits per heavy atom. The number of likely N-dealkylation sites (tertiary alicyclic amines) is 1. The Bertz CT molecular complexity index is 1070. The maximum atomic E-state index is 5.94. The number of benzene rings is 2. The van der Waals surface area contributed by atoms with Crippen molar-refractivity contribution in [2.45, 2.75) is 39.0 Å². The minimum Gasteiger partial charge on any atom is -0.492 e. The molecule has 1 fully saturated rings. The summed E-state index contributed by atoms with van der Waals surface area (Å²) in [6, 6.07) is 18.6. The Balaban J connectivity index is 1.44. The first-order valence-electron chi connectivity index (χ1n) is 11.2. The number of hydrogen-bond donors (Lipinski definition) is 0. The van der Waals surface area contributed by atoms with E-state index in [1.165, 1.54) is 24.8 Å². The molecule has 1 aromatic heterocycles. The van der Waals surface area contributed by atoms with Crippen molar-refractivity contribution in [2.24, 2.45) is 0 Å². The van der Waals surface area contributed by atoms with E-state index in [1.807, 2.05) is 22.9 Å². The normalized spacial score (nSPS) is 17.7. The predicted octanol–water partition coefficient (Wildman–Crippen LogP) is 4.24. The van der Waals surface area contributed by atoms with Crippen LogP contribution in [0.2, 0.25) is 0 Å². The van der Waals surface area contributed by atoms with E-state index in [0.717, 1.165) is 54.8 Å². The van der Waals surface area contributed by atoms with Crippen molar-refractivity contribution >= 4 is 12.2 Å². The lowest BCUT2D eigenvalue weighted by atomic mass is 10.1. The van der Waals surface area contributed by atoms with E-state index in [1.54, 1.807) is 0 Å². The summed E-state index contributed by atoms with van der Waals surface area (Å²) < 4.78 is 10.8. The second kappa shape index (κ2) is 9.34. The van der Waals surface area contributed by atoms with Crippen LogP contribution in [0.25, 0.3) is 5.69 Å². The standard InChI is InChI=1S/C24H29N5OS/c31-24-28(19-27-15-16-30-22-12-6-5-9-20(22)17-27)25-23(18-26-13-7-2-8-14-26)29(24)21-10-3-1-4-11-21/h1,3-6,9-12H,2,7-8,13-19H2. The van der Waals surface area contributed by atoms with Gasteiger partial charge in [0, 0.05) is 24.3 Å². The van der Waals surface area contributed by atoms with Gasteiger partial charge in [0.05, 0.1) is 13.2 Å². The summed E-state index contributed by atoms with van der Waals surface area (Å²) in [5, 5.41) is 5.01. The smallest absolute Gasteiger partial charge is 0.203 e. The fourth-order valence-corrected chi connectivity index (χ4v) is 4.80. The molecule has 0 saturated carbocycles. The van der Waals surface area contributed by atoms with Gasteiger partial charge in [-0.25, -0.2) is 4.68 Å². The molecule has 3 aromatic rings. The molecule has 7 heteroatoms. The van der Waals surface area contributed by atoms with Crippen LogP contribution < -0.4 is 4.74 Å². The van der Waals surface area contributed by atoms with Gasteiger partial charge in [-0.05, 0) is 56.3 Å². The molecule has 2 aromatic carbocycles. The molecule has 31 heavy (non-hydrogen) atoms. The second-order valence-corrected chi connectivity index (χ2v) is 8.72. The number of piperidine rings is 1. The zero-order chi connectivity index (χ0) is 21.0. The second-order valence-electron chi connectivity index (χ2n) is 8.36. The molecule has 2 aliphatic rings. The van der Waals surface area contributed by atoms with Crippen LogP contribution >= 0.6 is 12.2 Å². The Labute approximate surface area is 188 Å². The lowest BCUT2D eigenvalue weighted by Crippen LogP contribution is -2.30. The summed E-state index contributed by atoms with van der Waals surface area (Å²) in [7, 11) is 0. The van der Waals surface area contributed by atoms with Crippen LogP contribution in [0.4, 0.5) is 0 Å². The van der Waals surface area contributed by atoms with E-state index >= 15 is 0 Å². The third-order valence-electron chi connectivity index (χ3n) is 6.10. The molecule has 0 N–H and O–H groups in total. The number of aromatic nitrogens is 3. The minimum absolute atomic E-state index is 0.656. The molecule has 0 spiro atoms. The molecule has 0 unspecified atom stereocenters. The summed E-state index contributed by atoms with van der Waals surface area (Å²) in [4.78, 5) is 4.86. The van der Waals surface area contributed by atoms with Crippen LogP contribution in [0.1, 0.15) is 30.7 Å². The van der Waals surface area contributed by atoms with Crippen LogP contribution in [0, 0.1) is 4.77 Å². The molecular formula is C24H29N5OS. The number of fused-ring (bicyclic) bond motifs is 1. The van der Waals surface area contributed by atoms with Crippen LogP contribution in [0.3, 0.4) is 0 Å². The maximum absolute atomic E-state index is 5.94. The number of nitrogens with zero attached hydrogens (tertiary/aromatic N) is 5. The molecule has 3 heterocycles. The third kappa shape index (κ3) is 4.59. The molecule has 0 atom stereocenters. The van der Waals surface area contributed by atoms with Gasteiger partial charge in [-0.1, -0.05) is 42.8 Å². The number of hydrogen-bond acceptors (Lipinski definition) is 5. The summed E-state index contributed by atoms with van der Waals surface area (Å²) in [5.41, 5.74) is 2.29. The van der Waals surface area contributed by atoms with Crippen molar-refractivity contribution in [3.8, 4) is 11.4 Å². The van der Waals surface area contributed by atoms with Crippen LogP contribution in [0.15, 0.2) is 54.6 Å². The van der Waals surface area contributed by atoms with Crippen LogP contribution in [0.5, 0.6) is 5.75 Å². The maximum Gasteiger partial charge on any atom is 0.203 e. The fourth-order valence-electron chi connectivity index (χ4n) is 4.49. The van der Waals surface area contributed by atoms with Gasteiger partial charge in [-0.2, -0.15) is 5.10 Å². The Morgan fingerprint density at radius 2 is 1.65 bits per heavy atom. The summed E-state index contributed by atoms with van der Waals surface area (Å²) in [6.07, 6.45) is 3.86. The Kier molecular flexibility index (Phi) is 6.15. The highest BCUT2D eigenvalue weighted by Gasteiger charge is 2.20. The van der Waals surface area contributed by atoms with Gasteiger partial charge in [0.15, 0.2) is 5.82 Å². The van der Waals surface area contributed by atoms with Crippen molar-refractivity contribution < 1.29 is 4.74 Å². The molecule has 0 aliphatic carbocycles. The van der Waals surface area contributed by atoms with E-state index in [-0.39, 0.29) is 0 Å². The van der Waals surface area contributed by atoms with Gasteiger partial charge in [0.25, 0.3) is 0 Å². The highest BCUT2D eigenvalue weighted by molar-refractivity contribution is 7.71. The zero-order valence-electron chi connectivity index (χ0n) is 17.8. The highest BCUT2D eigenvalue weighted by Crippen LogP contribution is 2.23. The van der Waals surface area contributed by atoms with Crippen molar-refractivity contribution in [1.82, 2.24) is 24.1 Å². The highest BCUT2D eigenvalue weighted by atomic mass is 32.1. The molecule has 6 nitrogen and oxygen atoms in total. The van der Waals surface area contributed by atoms with E-state index in [9.17, 15) is 0 Å². The summed E-state index contributed by atoms with van der Waals surface area (Å²) >= 11 is 5.93. The SMILES string of the molecule is S=c1n(CN2CCOc3ccccc3C2)nc(CN2CCCCC2)n1-c1ccccc1. The largest absolute Gasteiger partial charge is 0.492 e. The van der Waals surface area contributed by atoms with Crippen molar-refractivity contribution in [3.63, 3.8) is 0 Å². The quantitative estimate of drug-likeness (QED) is 0.561. The molecular weight excluding hydrogens is 406 g/mol. The average molecular weight is 436 g/mol. The van der Waals surface area contributed by atoms with Gasteiger partial charge in [-0.15, -0.1) is 0 Å². The first kappa shape index (κ1) is 20.4. The molecule has 2 aliphatic heterocycles. The van der Waals surface area contributed by atoms with Crippen molar-refractivity contribution in [3.05, 3.63) is 70.8 Å². The molecule has 0 radical (unpaired) electrons. The first-order chi connectivity index (χ1) is 15.3. The topological polar surface area (TPSA) is 38.5 Å². The summed E-state index contributed by atoms with van der Waals surface area (Å²) in [5.74, 6) is 2.00. The lowest BCUT2D eigenvalue weighted by molar-refractivity contribution is 0.175. The van der Waals surface area contributed by atoms with E-state index in [4.69, 9.17) is 22.1 Å². The Morgan fingerprint density at radius 1 is 0.871 bits per heavy atom. The average Bonchev–Trinajstić information content (AvgIpc) is 2.96. The Hall–Kier alpha value is -2.48. The number of ether oxygens (including phenoxy) is 1. The number of rotatable bonds is 5. The van der Waals surface area contributed by atoms with Crippen LogP contribution in [-0.2, 0) is 19.8 Å². The minimum atomic E-state index is 0.656. The van der Waals surface area contributed by atoms with Gasteiger partial charge in [0.2, 0.25) is 4.77 Å².